The molecule has 0 aliphatic carbocycles. The molecule has 0 nitrogen and oxygen atoms in total. The summed E-state index contributed by atoms with van der Waals surface area (Å²) in [7, 11) is -2.75. The summed E-state index contributed by atoms with van der Waals surface area (Å²) in [5.41, 5.74) is 0. The van der Waals surface area contributed by atoms with Crippen molar-refractivity contribution in [1.82, 2.24) is 0 Å². The fourth-order valence-electron chi connectivity index (χ4n) is 21.2. The molecule has 10 aliphatic heterocycles. The van der Waals surface area contributed by atoms with Gasteiger partial charge in [0.05, 0.1) is 0 Å². The molecule has 0 amide bonds. The Morgan fingerprint density at radius 2 is 0.758 bits per heavy atom. The molecular weight excluding hydrogens is 523 g/mol. The van der Waals surface area contributed by atoms with E-state index >= 15 is 0 Å². The summed E-state index contributed by atoms with van der Waals surface area (Å²) in [6.45, 7) is 9.81. The summed E-state index contributed by atoms with van der Waals surface area (Å²) < 4.78 is 14.9. The molecule has 0 aromatic carbocycles. The number of hydrogen-bond donors (Lipinski definition) is 0. The molecule has 33 heavy (non-hydrogen) atoms. The Morgan fingerprint density at radius 3 is 0.970 bits per heavy atom. The van der Waals surface area contributed by atoms with Crippen molar-refractivity contribution in [2.75, 3.05) is 24.6 Å². The van der Waals surface area contributed by atoms with Crippen molar-refractivity contribution in [2.45, 2.75) is 148 Å². The standard InChI is InChI=1S/C25H47P2.C5H5.Ru/c1-5-9-13-20-26(21-14-10-6-2)24-18-17-19-25(24)27(22-15-11-7-3)23-16-12-8-4;1-2-4-5-3-1;/h17-19H,5-16,20-23H2,1-4H3;1-5H;. The fourth-order valence-corrected chi connectivity index (χ4v) is 203. The van der Waals surface area contributed by atoms with Crippen LogP contribution in [-0.2, 0) is 7.72 Å². The minimum atomic E-state index is -3.56. The van der Waals surface area contributed by atoms with Crippen LogP contribution in [0, 0.1) is 0 Å². The van der Waals surface area contributed by atoms with E-state index in [1.54, 1.807) is 112 Å². The van der Waals surface area contributed by atoms with Crippen molar-refractivity contribution < 1.29 is 7.72 Å². The van der Waals surface area contributed by atoms with Gasteiger partial charge in [-0.05, 0) is 0 Å². The van der Waals surface area contributed by atoms with Crippen LogP contribution in [0.1, 0.15) is 105 Å². The zero-order chi connectivity index (χ0) is 22.4. The van der Waals surface area contributed by atoms with Crippen LogP contribution < -0.4 is 0 Å². The third kappa shape index (κ3) is 0.489. The Kier molecular flexibility index (Phi) is 2.01. The van der Waals surface area contributed by atoms with E-state index in [4.69, 9.17) is 0 Å². The van der Waals surface area contributed by atoms with Crippen LogP contribution in [0.15, 0.2) is 0 Å². The Balaban J connectivity index is 1.10. The van der Waals surface area contributed by atoms with E-state index in [1.165, 1.54) is 33.2 Å². The molecule has 0 aromatic heterocycles. The molecule has 0 aromatic rings. The van der Waals surface area contributed by atoms with E-state index in [2.05, 4.69) is 27.7 Å². The van der Waals surface area contributed by atoms with Gasteiger partial charge in [-0.2, -0.15) is 0 Å². The van der Waals surface area contributed by atoms with Crippen LogP contribution in [0.2, 0.25) is 36.1 Å². The Hall–Kier alpha value is 1.48. The molecule has 190 valence electrons. The third-order valence-corrected chi connectivity index (χ3v) is 107. The second-order valence-corrected chi connectivity index (χ2v) is 59.7. The Bertz CT molecular complexity index is 1140. The van der Waals surface area contributed by atoms with Gasteiger partial charge in [0, 0.05) is 0 Å². The number of fused-ring (bicyclic) bond motifs is 10. The fraction of sp³-hybridized carbons (Fsp3) is 1.00. The zero-order valence-electron chi connectivity index (χ0n) is 22.2. The van der Waals surface area contributed by atoms with E-state index < -0.39 is 7.72 Å². The van der Waals surface area contributed by atoms with Gasteiger partial charge in [-0.25, -0.2) is 0 Å². The first kappa shape index (κ1) is 20.4. The normalized spacial score (nSPS) is 69.9. The average Bonchev–Trinajstić information content (AvgIpc) is 3.76. The summed E-state index contributed by atoms with van der Waals surface area (Å²) in [5.74, 6) is 0. The maximum atomic E-state index is 2.45. The Labute approximate surface area is 195 Å². The quantitative estimate of drug-likeness (QED) is 0.0866. The maximum absolute atomic E-state index is 3.56. The first-order chi connectivity index (χ1) is 16.0. The second-order valence-electron chi connectivity index (χ2n) is 16.5. The molecular formula is C30H52P2Ru. The van der Waals surface area contributed by atoms with Crippen molar-refractivity contribution in [3.8, 4) is 0 Å². The van der Waals surface area contributed by atoms with Gasteiger partial charge in [-0.1, -0.05) is 0 Å². The monoisotopic (exact) mass is 576 g/mol. The van der Waals surface area contributed by atoms with Crippen molar-refractivity contribution in [2.24, 2.45) is 0 Å². The number of hydrogen-bond acceptors (Lipinski definition) is 0. The van der Waals surface area contributed by atoms with Gasteiger partial charge in [0.15, 0.2) is 0 Å². The van der Waals surface area contributed by atoms with Crippen molar-refractivity contribution in [3.63, 3.8) is 0 Å². The van der Waals surface area contributed by atoms with E-state index in [-0.39, 0.29) is 0 Å². The molecule has 0 N–H and O–H groups in total. The van der Waals surface area contributed by atoms with Gasteiger partial charge in [0.2, 0.25) is 0 Å². The van der Waals surface area contributed by atoms with Gasteiger partial charge >= 0.3 is 197 Å². The molecule has 10 fully saturated rings. The van der Waals surface area contributed by atoms with Crippen molar-refractivity contribution in [1.29, 1.82) is 0 Å². The molecule has 1 spiro atoms. The van der Waals surface area contributed by atoms with Gasteiger partial charge in [-0.3, -0.25) is 0 Å². The van der Waals surface area contributed by atoms with Gasteiger partial charge in [-0.15, -0.1) is 0 Å². The van der Waals surface area contributed by atoms with Gasteiger partial charge in [0.25, 0.3) is 0 Å². The first-order valence-electron chi connectivity index (χ1n) is 15.7. The molecule has 10 saturated heterocycles. The summed E-state index contributed by atoms with van der Waals surface area (Å²) in [6.07, 6.45) is 25.5. The Morgan fingerprint density at radius 1 is 0.455 bits per heavy atom. The summed E-state index contributed by atoms with van der Waals surface area (Å²) >= 11 is 0. The average molecular weight is 576 g/mol. The van der Waals surface area contributed by atoms with E-state index in [0.29, 0.717) is 15.8 Å². The summed E-state index contributed by atoms with van der Waals surface area (Å²) in [4.78, 5) is 0. The van der Waals surface area contributed by atoms with E-state index in [0.717, 1.165) is 0 Å². The minimum absolute atomic E-state index is 0.405. The molecule has 0 saturated carbocycles. The second kappa shape index (κ2) is 3.24. The topological polar surface area (TPSA) is 0 Å². The predicted molar refractivity (Wildman–Crippen MR) is 147 cm³/mol. The molecule has 3 heteroatoms. The molecule has 0 radical (unpaired) electrons. The van der Waals surface area contributed by atoms with Crippen molar-refractivity contribution in [3.05, 3.63) is 0 Å². The van der Waals surface area contributed by atoms with Crippen LogP contribution in [0.5, 0.6) is 0 Å². The van der Waals surface area contributed by atoms with Crippen LogP contribution in [0.25, 0.3) is 0 Å². The molecule has 0 bridgehead atoms. The van der Waals surface area contributed by atoms with E-state index in [1.807, 2.05) is 0 Å². The van der Waals surface area contributed by atoms with Crippen LogP contribution >= 0.6 is 15.8 Å². The van der Waals surface area contributed by atoms with Crippen molar-refractivity contribution >= 4 is 15.8 Å². The predicted octanol–water partition coefficient (Wildman–Crippen LogP) is 10.9. The zero-order valence-corrected chi connectivity index (χ0v) is 25.7. The molecule has 10 rings (SSSR count). The van der Waals surface area contributed by atoms with E-state index in [9.17, 15) is 0 Å². The third-order valence-electron chi connectivity index (χ3n) is 19.7. The molecule has 4 atom stereocenters. The molecule has 4 unspecified atom stereocenters. The number of unbranched alkanes of at least 4 members (excludes halogenated alkanes) is 8. The number of rotatable bonds is 18. The van der Waals surface area contributed by atoms with Crippen LogP contribution in [0.4, 0.5) is 0 Å². The summed E-state index contributed by atoms with van der Waals surface area (Å²) in [6, 6.07) is 0. The van der Waals surface area contributed by atoms with Crippen LogP contribution in [0.3, 0.4) is 0 Å². The SMILES string of the molecule is CCCCCP(CCCCC)[C]12[CH]3[CH]4[CH]5[C]1(P(CCCCC)CCCCC)[Ru]43521678[CH]2[CH]1[CH]6[CH]7[CH]28. The van der Waals surface area contributed by atoms with Gasteiger partial charge in [0.1, 0.15) is 0 Å². The molecule has 10 heterocycles. The summed E-state index contributed by atoms with van der Waals surface area (Å²) in [5, 5.41) is 0. The van der Waals surface area contributed by atoms with Crippen LogP contribution in [-0.4, -0.2) is 32.1 Å². The first-order valence-corrected chi connectivity index (χ1v) is 28.9. The molecule has 10 aliphatic rings. The van der Waals surface area contributed by atoms with Gasteiger partial charge < -0.3 is 0 Å².